The lowest BCUT2D eigenvalue weighted by atomic mass is 10.1. The Morgan fingerprint density at radius 3 is 2.27 bits per heavy atom. The summed E-state index contributed by atoms with van der Waals surface area (Å²) in [4.78, 5) is 21.0. The molecule has 0 aromatic heterocycles. The Balaban J connectivity index is 3.44. The summed E-state index contributed by atoms with van der Waals surface area (Å²) in [5.41, 5.74) is 0. The Labute approximate surface area is 67.2 Å². The molecular weight excluding hydrogens is 142 g/mol. The molecule has 0 heterocycles. The second-order valence-electron chi connectivity index (χ2n) is 2.84. The minimum absolute atomic E-state index is 0.0407. The summed E-state index contributed by atoms with van der Waals surface area (Å²) in [5.74, 6) is 0.128. The predicted octanol–water partition coefficient (Wildman–Crippen LogP) is 0.880. The molecule has 0 aliphatic heterocycles. The number of amides is 1. The van der Waals surface area contributed by atoms with E-state index >= 15 is 0 Å². The van der Waals surface area contributed by atoms with Crippen molar-refractivity contribution < 1.29 is 9.59 Å². The molecule has 0 aliphatic rings. The number of rotatable bonds is 4. The number of hydrogen-bond acceptors (Lipinski definition) is 2. The Morgan fingerprint density at radius 2 is 1.91 bits per heavy atom. The molecule has 1 unspecified atom stereocenters. The zero-order valence-corrected chi connectivity index (χ0v) is 7.31. The smallest absolute Gasteiger partial charge is 0.217 e. The van der Waals surface area contributed by atoms with Gasteiger partial charge in [0.2, 0.25) is 5.91 Å². The van der Waals surface area contributed by atoms with Gasteiger partial charge in [-0.25, -0.2) is 0 Å². The fourth-order valence-corrected chi connectivity index (χ4v) is 0.839. The van der Waals surface area contributed by atoms with E-state index in [1.54, 1.807) is 6.92 Å². The summed E-state index contributed by atoms with van der Waals surface area (Å²) in [7, 11) is 0. The van der Waals surface area contributed by atoms with E-state index in [-0.39, 0.29) is 17.7 Å². The predicted molar refractivity (Wildman–Crippen MR) is 43.2 cm³/mol. The van der Waals surface area contributed by atoms with Crippen LogP contribution in [0.25, 0.3) is 0 Å². The number of carbonyl (C=O) groups excluding carboxylic acids is 2. The summed E-state index contributed by atoms with van der Waals surface area (Å²) in [6.45, 7) is 4.93. The van der Waals surface area contributed by atoms with Crippen LogP contribution in [0.2, 0.25) is 0 Å². The molecule has 0 aromatic carbocycles. The van der Waals surface area contributed by atoms with Crippen LogP contribution in [-0.2, 0) is 9.59 Å². The Bertz CT molecular complexity index is 154. The monoisotopic (exact) mass is 157 g/mol. The van der Waals surface area contributed by atoms with Gasteiger partial charge in [-0.2, -0.15) is 0 Å². The van der Waals surface area contributed by atoms with Crippen LogP contribution in [0.15, 0.2) is 0 Å². The highest BCUT2D eigenvalue weighted by atomic mass is 16.1. The third kappa shape index (κ3) is 7.03. The second-order valence-corrected chi connectivity index (χ2v) is 2.84. The largest absolute Gasteiger partial charge is 0.354 e. The minimum Gasteiger partial charge on any atom is -0.354 e. The lowest BCUT2D eigenvalue weighted by Gasteiger charge is -2.10. The Hall–Kier alpha value is -0.860. The molecule has 0 saturated heterocycles. The van der Waals surface area contributed by atoms with Gasteiger partial charge in [0, 0.05) is 19.4 Å². The average Bonchev–Trinajstić information content (AvgIpc) is 1.82. The summed E-state index contributed by atoms with van der Waals surface area (Å²) < 4.78 is 0. The normalized spacial score (nSPS) is 12.3. The highest BCUT2D eigenvalue weighted by Crippen LogP contribution is 1.96. The molecule has 0 aromatic rings. The standard InChI is InChI=1S/C8H15NO2/c1-6(9-8(3)11)4-5-7(2)10/h6H,4-5H2,1-3H3,(H,9,11). The SMILES string of the molecule is CC(=O)CCC(C)NC(C)=O. The van der Waals surface area contributed by atoms with Crippen molar-refractivity contribution >= 4 is 11.7 Å². The summed E-state index contributed by atoms with van der Waals surface area (Å²) in [6, 6.07) is 0.108. The van der Waals surface area contributed by atoms with Gasteiger partial charge >= 0.3 is 0 Å². The van der Waals surface area contributed by atoms with Crippen LogP contribution >= 0.6 is 0 Å². The first kappa shape index (κ1) is 10.1. The maximum Gasteiger partial charge on any atom is 0.217 e. The van der Waals surface area contributed by atoms with Crippen molar-refractivity contribution in [2.45, 2.75) is 39.7 Å². The zero-order valence-electron chi connectivity index (χ0n) is 7.31. The second kappa shape index (κ2) is 4.88. The van der Waals surface area contributed by atoms with Crippen LogP contribution in [0.4, 0.5) is 0 Å². The van der Waals surface area contributed by atoms with E-state index in [0.29, 0.717) is 6.42 Å². The van der Waals surface area contributed by atoms with Gasteiger partial charge in [0.25, 0.3) is 0 Å². The molecule has 0 radical (unpaired) electrons. The molecule has 3 heteroatoms. The van der Waals surface area contributed by atoms with E-state index in [1.165, 1.54) is 6.92 Å². The van der Waals surface area contributed by atoms with Crippen molar-refractivity contribution in [3.8, 4) is 0 Å². The van der Waals surface area contributed by atoms with Crippen molar-refractivity contribution in [2.75, 3.05) is 0 Å². The number of nitrogens with one attached hydrogen (secondary N) is 1. The van der Waals surface area contributed by atoms with Crippen LogP contribution in [-0.4, -0.2) is 17.7 Å². The third-order valence-electron chi connectivity index (χ3n) is 1.38. The number of Topliss-reactive ketones (excluding diaryl/α,β-unsaturated/α-hetero) is 1. The minimum atomic E-state index is -0.0407. The molecule has 11 heavy (non-hydrogen) atoms. The van der Waals surface area contributed by atoms with E-state index < -0.39 is 0 Å². The molecule has 0 saturated carbocycles. The van der Waals surface area contributed by atoms with E-state index in [2.05, 4.69) is 5.32 Å². The fourth-order valence-electron chi connectivity index (χ4n) is 0.839. The molecule has 64 valence electrons. The Kier molecular flexibility index (Phi) is 4.50. The molecule has 0 spiro atoms. The van der Waals surface area contributed by atoms with Gasteiger partial charge in [-0.15, -0.1) is 0 Å². The Morgan fingerprint density at radius 1 is 1.36 bits per heavy atom. The number of hydrogen-bond donors (Lipinski definition) is 1. The van der Waals surface area contributed by atoms with E-state index in [0.717, 1.165) is 6.42 Å². The van der Waals surface area contributed by atoms with Crippen LogP contribution in [0.3, 0.4) is 0 Å². The van der Waals surface area contributed by atoms with Crippen LogP contribution in [0, 0.1) is 0 Å². The highest BCUT2D eigenvalue weighted by molar-refractivity contribution is 5.76. The van der Waals surface area contributed by atoms with Gasteiger partial charge in [0.1, 0.15) is 5.78 Å². The van der Waals surface area contributed by atoms with Gasteiger partial charge in [0.15, 0.2) is 0 Å². The van der Waals surface area contributed by atoms with Crippen LogP contribution in [0.5, 0.6) is 0 Å². The topological polar surface area (TPSA) is 46.2 Å². The first-order valence-corrected chi connectivity index (χ1v) is 3.79. The summed E-state index contributed by atoms with van der Waals surface area (Å²) in [6.07, 6.45) is 1.27. The van der Waals surface area contributed by atoms with Gasteiger partial charge in [-0.1, -0.05) is 0 Å². The van der Waals surface area contributed by atoms with Crippen LogP contribution < -0.4 is 5.32 Å². The number of ketones is 1. The maximum absolute atomic E-state index is 10.5. The molecule has 3 nitrogen and oxygen atoms in total. The van der Waals surface area contributed by atoms with Gasteiger partial charge < -0.3 is 10.1 Å². The summed E-state index contributed by atoms with van der Waals surface area (Å²) in [5, 5.41) is 2.71. The van der Waals surface area contributed by atoms with Crippen molar-refractivity contribution in [3.05, 3.63) is 0 Å². The molecule has 0 bridgehead atoms. The van der Waals surface area contributed by atoms with Crippen molar-refractivity contribution in [2.24, 2.45) is 0 Å². The van der Waals surface area contributed by atoms with Crippen molar-refractivity contribution in [1.29, 1.82) is 0 Å². The molecule has 0 fully saturated rings. The van der Waals surface area contributed by atoms with E-state index in [4.69, 9.17) is 0 Å². The maximum atomic E-state index is 10.5. The quantitative estimate of drug-likeness (QED) is 0.658. The van der Waals surface area contributed by atoms with Crippen LogP contribution in [0.1, 0.15) is 33.6 Å². The van der Waals surface area contributed by atoms with Crippen molar-refractivity contribution in [1.82, 2.24) is 5.32 Å². The highest BCUT2D eigenvalue weighted by Gasteiger charge is 2.03. The lowest BCUT2D eigenvalue weighted by molar-refractivity contribution is -0.120. The van der Waals surface area contributed by atoms with Gasteiger partial charge in [-0.3, -0.25) is 4.79 Å². The summed E-state index contributed by atoms with van der Waals surface area (Å²) >= 11 is 0. The van der Waals surface area contributed by atoms with Crippen molar-refractivity contribution in [3.63, 3.8) is 0 Å². The average molecular weight is 157 g/mol. The molecular formula is C8H15NO2. The molecule has 0 aliphatic carbocycles. The third-order valence-corrected chi connectivity index (χ3v) is 1.38. The van der Waals surface area contributed by atoms with E-state index in [9.17, 15) is 9.59 Å². The molecule has 1 N–H and O–H groups in total. The first-order valence-electron chi connectivity index (χ1n) is 3.79. The molecule has 1 amide bonds. The van der Waals surface area contributed by atoms with Gasteiger partial charge in [0.05, 0.1) is 0 Å². The van der Waals surface area contributed by atoms with E-state index in [1.807, 2.05) is 6.92 Å². The fraction of sp³-hybridized carbons (Fsp3) is 0.750. The molecule has 1 atom stereocenters. The van der Waals surface area contributed by atoms with Gasteiger partial charge in [-0.05, 0) is 20.3 Å². The zero-order chi connectivity index (χ0) is 8.85. The molecule has 0 rings (SSSR count). The lowest BCUT2D eigenvalue weighted by Crippen LogP contribution is -2.30. The number of carbonyl (C=O) groups is 2. The first-order chi connectivity index (χ1) is 5.02.